The summed E-state index contributed by atoms with van der Waals surface area (Å²) in [4.78, 5) is 25.3. The third-order valence-corrected chi connectivity index (χ3v) is 3.41. The average Bonchev–Trinajstić information content (AvgIpc) is 2.39. The molecule has 0 saturated heterocycles. The summed E-state index contributed by atoms with van der Waals surface area (Å²) in [6.07, 6.45) is 9.34. The smallest absolute Gasteiger partial charge is 0.325 e. The fraction of sp³-hybridized carbons (Fsp3) is 0.231. The number of hydrogen-bond donors (Lipinski definition) is 0. The molecule has 0 bridgehead atoms. The van der Waals surface area contributed by atoms with Gasteiger partial charge in [-0.2, -0.15) is 0 Å². The molecule has 1 aliphatic heterocycles. The molecule has 1 heterocycles. The molecule has 94 valence electrons. The van der Waals surface area contributed by atoms with Crippen molar-refractivity contribution in [2.24, 2.45) is 0 Å². The van der Waals surface area contributed by atoms with E-state index in [9.17, 15) is 9.59 Å². The SMILES string of the molecule is COC(=O)CN1C=CSC(C2=CC=CC(=O)C2)=C1. The number of carbonyl (C=O) groups is 2. The third kappa shape index (κ3) is 3.13. The Bertz CT molecular complexity index is 488. The first kappa shape index (κ1) is 12.7. The highest BCUT2D eigenvalue weighted by Gasteiger charge is 2.16. The highest BCUT2D eigenvalue weighted by atomic mass is 32.2. The molecule has 0 aromatic heterocycles. The molecule has 5 heteroatoms. The van der Waals surface area contributed by atoms with E-state index in [-0.39, 0.29) is 18.3 Å². The number of ketones is 1. The molecule has 0 aromatic rings. The summed E-state index contributed by atoms with van der Waals surface area (Å²) in [5, 5.41) is 1.89. The second-order valence-corrected chi connectivity index (χ2v) is 4.79. The van der Waals surface area contributed by atoms with Crippen LogP contribution in [0.15, 0.2) is 46.5 Å². The number of ether oxygens (including phenoxy) is 1. The molecule has 0 unspecified atom stereocenters. The van der Waals surface area contributed by atoms with Crippen LogP contribution in [0.1, 0.15) is 6.42 Å². The van der Waals surface area contributed by atoms with E-state index >= 15 is 0 Å². The first-order valence-corrected chi connectivity index (χ1v) is 6.35. The Hall–Kier alpha value is -1.75. The lowest BCUT2D eigenvalue weighted by Gasteiger charge is -2.21. The van der Waals surface area contributed by atoms with Crippen LogP contribution in [0.2, 0.25) is 0 Å². The maximum atomic E-state index is 11.4. The average molecular weight is 263 g/mol. The van der Waals surface area contributed by atoms with Crippen molar-refractivity contribution in [3.05, 3.63) is 46.5 Å². The van der Waals surface area contributed by atoms with Crippen LogP contribution in [0.4, 0.5) is 0 Å². The molecule has 4 nitrogen and oxygen atoms in total. The molecule has 0 fully saturated rings. The number of methoxy groups -OCH3 is 1. The number of thioether (sulfide) groups is 1. The summed E-state index contributed by atoms with van der Waals surface area (Å²) in [5.74, 6) is -0.196. The fourth-order valence-corrected chi connectivity index (χ4v) is 2.47. The van der Waals surface area contributed by atoms with E-state index in [1.54, 1.807) is 28.8 Å². The van der Waals surface area contributed by atoms with Gasteiger partial charge in [-0.15, -0.1) is 0 Å². The van der Waals surface area contributed by atoms with E-state index in [0.717, 1.165) is 10.5 Å². The van der Waals surface area contributed by atoms with Gasteiger partial charge in [0.05, 0.1) is 7.11 Å². The van der Waals surface area contributed by atoms with Crippen molar-refractivity contribution in [3.8, 4) is 0 Å². The summed E-state index contributed by atoms with van der Waals surface area (Å²) in [5.41, 5.74) is 0.978. The molecule has 0 aromatic carbocycles. The van der Waals surface area contributed by atoms with Crippen LogP contribution in [0.3, 0.4) is 0 Å². The minimum absolute atomic E-state index is 0.100. The van der Waals surface area contributed by atoms with E-state index in [0.29, 0.717) is 6.42 Å². The summed E-state index contributed by atoms with van der Waals surface area (Å²) in [7, 11) is 1.36. The van der Waals surface area contributed by atoms with Crippen molar-refractivity contribution in [3.63, 3.8) is 0 Å². The van der Waals surface area contributed by atoms with Crippen LogP contribution >= 0.6 is 11.8 Å². The highest BCUT2D eigenvalue weighted by molar-refractivity contribution is 8.06. The maximum Gasteiger partial charge on any atom is 0.325 e. The number of carbonyl (C=O) groups excluding carboxylic acids is 2. The molecule has 0 spiro atoms. The second kappa shape index (κ2) is 5.73. The predicted octanol–water partition coefficient (Wildman–Crippen LogP) is 1.98. The van der Waals surface area contributed by atoms with Crippen molar-refractivity contribution < 1.29 is 14.3 Å². The van der Waals surface area contributed by atoms with Crippen molar-refractivity contribution in [2.45, 2.75) is 6.42 Å². The van der Waals surface area contributed by atoms with Gasteiger partial charge in [-0.1, -0.05) is 23.9 Å². The molecule has 0 saturated carbocycles. The zero-order chi connectivity index (χ0) is 13.0. The van der Waals surface area contributed by atoms with Gasteiger partial charge in [-0.05, 0) is 17.1 Å². The van der Waals surface area contributed by atoms with E-state index in [1.165, 1.54) is 7.11 Å². The van der Waals surface area contributed by atoms with E-state index in [1.807, 2.05) is 23.9 Å². The minimum atomic E-state index is -0.296. The monoisotopic (exact) mass is 263 g/mol. The fourth-order valence-electron chi connectivity index (χ4n) is 1.62. The molecule has 18 heavy (non-hydrogen) atoms. The molecule has 0 N–H and O–H groups in total. The Morgan fingerprint density at radius 3 is 3.11 bits per heavy atom. The Labute approximate surface area is 110 Å². The van der Waals surface area contributed by atoms with Gasteiger partial charge < -0.3 is 9.64 Å². The molecule has 0 atom stereocenters. The van der Waals surface area contributed by atoms with Crippen LogP contribution in [0.25, 0.3) is 0 Å². The maximum absolute atomic E-state index is 11.4. The van der Waals surface area contributed by atoms with Gasteiger partial charge in [-0.3, -0.25) is 9.59 Å². The van der Waals surface area contributed by atoms with Gasteiger partial charge >= 0.3 is 5.97 Å². The van der Waals surface area contributed by atoms with Crippen molar-refractivity contribution in [1.82, 2.24) is 4.90 Å². The molecular formula is C13H13NO3S. The van der Waals surface area contributed by atoms with Gasteiger partial charge in [0.25, 0.3) is 0 Å². The lowest BCUT2D eigenvalue weighted by Crippen LogP contribution is -2.22. The molecule has 1 aliphatic carbocycles. The zero-order valence-electron chi connectivity index (χ0n) is 9.96. The van der Waals surface area contributed by atoms with E-state index in [2.05, 4.69) is 4.74 Å². The molecule has 2 rings (SSSR count). The lowest BCUT2D eigenvalue weighted by atomic mass is 10.0. The Balaban J connectivity index is 2.09. The Kier molecular flexibility index (Phi) is 4.04. The number of nitrogens with zero attached hydrogens (tertiary/aromatic N) is 1. The van der Waals surface area contributed by atoms with E-state index in [4.69, 9.17) is 0 Å². The van der Waals surface area contributed by atoms with Crippen LogP contribution in [0, 0.1) is 0 Å². The molecule has 2 aliphatic rings. The third-order valence-electron chi connectivity index (χ3n) is 2.53. The molecular weight excluding hydrogens is 250 g/mol. The number of hydrogen-bond acceptors (Lipinski definition) is 5. The summed E-state index contributed by atoms with van der Waals surface area (Å²) in [6, 6.07) is 0. The van der Waals surface area contributed by atoms with Crippen molar-refractivity contribution >= 4 is 23.5 Å². The van der Waals surface area contributed by atoms with E-state index < -0.39 is 0 Å². The van der Waals surface area contributed by atoms with Gasteiger partial charge in [0, 0.05) is 23.7 Å². The van der Waals surface area contributed by atoms with Crippen LogP contribution < -0.4 is 0 Å². The normalized spacial score (nSPS) is 18.5. The number of esters is 1. The number of allylic oxidation sites excluding steroid dienone is 4. The summed E-state index contributed by atoms with van der Waals surface area (Å²) >= 11 is 1.54. The first-order chi connectivity index (χ1) is 8.69. The summed E-state index contributed by atoms with van der Waals surface area (Å²) < 4.78 is 4.62. The van der Waals surface area contributed by atoms with Gasteiger partial charge in [0.2, 0.25) is 0 Å². The van der Waals surface area contributed by atoms with Crippen molar-refractivity contribution in [2.75, 3.05) is 13.7 Å². The molecule has 0 amide bonds. The largest absolute Gasteiger partial charge is 0.468 e. The lowest BCUT2D eigenvalue weighted by molar-refractivity contribution is -0.140. The van der Waals surface area contributed by atoms with Crippen LogP contribution in [-0.2, 0) is 14.3 Å². The van der Waals surface area contributed by atoms with Crippen LogP contribution in [0.5, 0.6) is 0 Å². The Morgan fingerprint density at radius 1 is 1.56 bits per heavy atom. The zero-order valence-corrected chi connectivity index (χ0v) is 10.8. The summed E-state index contributed by atoms with van der Waals surface area (Å²) in [6.45, 7) is 0.175. The highest BCUT2D eigenvalue weighted by Crippen LogP contribution is 2.32. The first-order valence-electron chi connectivity index (χ1n) is 5.47. The topological polar surface area (TPSA) is 46.6 Å². The number of rotatable bonds is 3. The molecule has 0 radical (unpaired) electrons. The van der Waals surface area contributed by atoms with Gasteiger partial charge in [0.15, 0.2) is 5.78 Å². The quantitative estimate of drug-likeness (QED) is 0.729. The standard InChI is InChI=1S/C13H13NO3S/c1-17-13(16)9-14-5-6-18-12(8-14)10-3-2-4-11(15)7-10/h2-6,8H,7,9H2,1H3. The van der Waals surface area contributed by atoms with Gasteiger partial charge in [-0.25, -0.2) is 0 Å². The van der Waals surface area contributed by atoms with Crippen LogP contribution in [-0.4, -0.2) is 30.3 Å². The Morgan fingerprint density at radius 2 is 2.39 bits per heavy atom. The minimum Gasteiger partial charge on any atom is -0.468 e. The second-order valence-electron chi connectivity index (χ2n) is 3.84. The van der Waals surface area contributed by atoms with Crippen molar-refractivity contribution in [1.29, 1.82) is 0 Å². The predicted molar refractivity (Wildman–Crippen MR) is 70.4 cm³/mol. The van der Waals surface area contributed by atoms with Gasteiger partial charge in [0.1, 0.15) is 6.54 Å².